The van der Waals surface area contributed by atoms with E-state index in [-0.39, 0.29) is 12.4 Å². The van der Waals surface area contributed by atoms with Crippen molar-refractivity contribution in [1.29, 1.82) is 0 Å². The minimum absolute atomic E-state index is 0. The summed E-state index contributed by atoms with van der Waals surface area (Å²) in [7, 11) is 2.21. The lowest BCUT2D eigenvalue weighted by Crippen LogP contribution is -2.57. The van der Waals surface area contributed by atoms with Crippen LogP contribution in [-0.4, -0.2) is 30.8 Å². The van der Waals surface area contributed by atoms with Gasteiger partial charge in [0.1, 0.15) is 0 Å². The van der Waals surface area contributed by atoms with Crippen LogP contribution < -0.4 is 5.11 Å². The molecule has 0 radical (unpaired) electrons. The van der Waals surface area contributed by atoms with Gasteiger partial charge in [-0.2, -0.15) is 0 Å². The summed E-state index contributed by atoms with van der Waals surface area (Å²) in [5, 5.41) is 12.3. The average molecular weight is 490 g/mol. The molecular formula is C30H64ClNO. The van der Waals surface area contributed by atoms with E-state index in [1.807, 2.05) is 6.92 Å². The van der Waals surface area contributed by atoms with Crippen molar-refractivity contribution < 1.29 is 9.59 Å². The summed E-state index contributed by atoms with van der Waals surface area (Å²) in [5.74, 6) is 0. The molecule has 0 heterocycles. The monoisotopic (exact) mass is 489 g/mol. The van der Waals surface area contributed by atoms with E-state index in [1.165, 1.54) is 148 Å². The van der Waals surface area contributed by atoms with Crippen LogP contribution in [0.3, 0.4) is 0 Å². The lowest BCUT2D eigenvalue weighted by molar-refractivity contribution is -0.997. The van der Waals surface area contributed by atoms with Gasteiger partial charge in [-0.25, -0.2) is 0 Å². The highest BCUT2D eigenvalue weighted by atomic mass is 35.5. The normalized spacial score (nSPS) is 14.1. The van der Waals surface area contributed by atoms with Gasteiger partial charge in [0, 0.05) is 6.23 Å². The van der Waals surface area contributed by atoms with E-state index in [4.69, 9.17) is 0 Å². The van der Waals surface area contributed by atoms with E-state index in [2.05, 4.69) is 20.9 Å². The maximum Gasteiger partial charge on any atom is 0.0776 e. The van der Waals surface area contributed by atoms with Crippen LogP contribution >= 0.6 is 12.4 Å². The highest BCUT2D eigenvalue weighted by Crippen LogP contribution is 2.16. The number of halogens is 1. The number of unbranched alkanes of at least 4 members (excludes halogenated alkanes) is 21. The van der Waals surface area contributed by atoms with Crippen molar-refractivity contribution in [2.45, 2.75) is 175 Å². The molecule has 0 bridgehead atoms. The van der Waals surface area contributed by atoms with E-state index in [0.29, 0.717) is 0 Å². The summed E-state index contributed by atoms with van der Waals surface area (Å²) in [5.41, 5.74) is 0. The van der Waals surface area contributed by atoms with Gasteiger partial charge in [0.15, 0.2) is 0 Å². The molecule has 0 aromatic rings. The summed E-state index contributed by atoms with van der Waals surface area (Å²) in [6.07, 6.45) is 31.4. The summed E-state index contributed by atoms with van der Waals surface area (Å²) in [6, 6.07) is 0. The minimum Gasteiger partial charge on any atom is -0.806 e. The van der Waals surface area contributed by atoms with Gasteiger partial charge in [0.05, 0.1) is 20.1 Å². The fourth-order valence-electron chi connectivity index (χ4n) is 4.93. The van der Waals surface area contributed by atoms with Gasteiger partial charge in [-0.1, -0.05) is 136 Å². The zero-order chi connectivity index (χ0) is 23.8. The van der Waals surface area contributed by atoms with Gasteiger partial charge in [-0.05, 0) is 32.6 Å². The molecule has 0 aliphatic heterocycles. The van der Waals surface area contributed by atoms with Gasteiger partial charge in [0.2, 0.25) is 0 Å². The van der Waals surface area contributed by atoms with E-state index in [0.717, 1.165) is 17.6 Å². The molecule has 202 valence electrons. The van der Waals surface area contributed by atoms with Crippen LogP contribution in [-0.2, 0) is 0 Å². The predicted molar refractivity (Wildman–Crippen MR) is 150 cm³/mol. The first-order valence-electron chi connectivity index (χ1n) is 15.1. The first-order valence-corrected chi connectivity index (χ1v) is 15.1. The van der Waals surface area contributed by atoms with Gasteiger partial charge in [-0.15, -0.1) is 12.4 Å². The van der Waals surface area contributed by atoms with Crippen molar-refractivity contribution in [1.82, 2.24) is 0 Å². The topological polar surface area (TPSA) is 23.1 Å². The Labute approximate surface area is 216 Å². The first-order chi connectivity index (χ1) is 15.6. The maximum atomic E-state index is 12.3. The Morgan fingerprint density at radius 1 is 0.455 bits per heavy atom. The summed E-state index contributed by atoms with van der Waals surface area (Å²) < 4.78 is 0.744. The second-order valence-corrected chi connectivity index (χ2v) is 11.0. The highest BCUT2D eigenvalue weighted by Gasteiger charge is 2.20. The number of rotatable bonds is 26. The molecule has 0 fully saturated rings. The Bertz CT molecular complexity index is 363. The van der Waals surface area contributed by atoms with Crippen LogP contribution in [0.25, 0.3) is 0 Å². The lowest BCUT2D eigenvalue weighted by Gasteiger charge is -2.44. The van der Waals surface area contributed by atoms with Crippen molar-refractivity contribution in [2.75, 3.05) is 20.1 Å². The quantitative estimate of drug-likeness (QED) is 0.0673. The third-order valence-corrected chi connectivity index (χ3v) is 7.67. The second-order valence-electron chi connectivity index (χ2n) is 11.0. The molecule has 0 rings (SSSR count). The molecule has 0 saturated carbocycles. The summed E-state index contributed by atoms with van der Waals surface area (Å²) >= 11 is 0. The fraction of sp³-hybridized carbons (Fsp3) is 1.00. The van der Waals surface area contributed by atoms with Crippen molar-refractivity contribution in [3.8, 4) is 0 Å². The van der Waals surface area contributed by atoms with E-state index in [9.17, 15) is 5.11 Å². The molecule has 0 aliphatic carbocycles. The molecule has 0 aromatic heterocycles. The Morgan fingerprint density at radius 3 is 0.879 bits per heavy atom. The number of nitrogens with zero attached hydrogens (tertiary/aromatic N) is 1. The van der Waals surface area contributed by atoms with Gasteiger partial charge in [-0.3, -0.25) is 0 Å². The SMILES string of the molecule is CCCCCCCCCCCCCCCCCC[N+](C)(CCCCCCCCC)C(C)[O-].Cl. The molecule has 2 atom stereocenters. The van der Waals surface area contributed by atoms with Gasteiger partial charge < -0.3 is 9.59 Å². The molecule has 0 aliphatic rings. The van der Waals surface area contributed by atoms with Gasteiger partial charge >= 0.3 is 0 Å². The van der Waals surface area contributed by atoms with Crippen molar-refractivity contribution >= 4 is 12.4 Å². The molecule has 0 spiro atoms. The van der Waals surface area contributed by atoms with E-state index in [1.54, 1.807) is 0 Å². The largest absolute Gasteiger partial charge is 0.806 e. The molecule has 0 amide bonds. The van der Waals surface area contributed by atoms with E-state index < -0.39 is 6.23 Å². The van der Waals surface area contributed by atoms with Crippen LogP contribution in [0.15, 0.2) is 0 Å². The van der Waals surface area contributed by atoms with Crippen LogP contribution in [0.1, 0.15) is 168 Å². The molecule has 2 unspecified atom stereocenters. The van der Waals surface area contributed by atoms with Crippen LogP contribution in [0, 0.1) is 0 Å². The number of hydrogen-bond donors (Lipinski definition) is 0. The third-order valence-electron chi connectivity index (χ3n) is 7.67. The van der Waals surface area contributed by atoms with Crippen molar-refractivity contribution in [3.05, 3.63) is 0 Å². The van der Waals surface area contributed by atoms with Crippen LogP contribution in [0.4, 0.5) is 0 Å². The molecule has 2 nitrogen and oxygen atoms in total. The first kappa shape index (κ1) is 35.4. The Hall–Kier alpha value is 0.210. The molecule has 0 aromatic carbocycles. The fourth-order valence-corrected chi connectivity index (χ4v) is 4.93. The maximum absolute atomic E-state index is 12.3. The Balaban J connectivity index is 0. The van der Waals surface area contributed by atoms with Gasteiger partial charge in [0.25, 0.3) is 0 Å². The van der Waals surface area contributed by atoms with Crippen molar-refractivity contribution in [3.63, 3.8) is 0 Å². The minimum atomic E-state index is -0.480. The Kier molecular flexibility index (Phi) is 28.7. The number of hydrogen-bond acceptors (Lipinski definition) is 1. The molecule has 33 heavy (non-hydrogen) atoms. The second kappa shape index (κ2) is 26.8. The molecule has 3 heteroatoms. The van der Waals surface area contributed by atoms with Crippen molar-refractivity contribution in [2.24, 2.45) is 0 Å². The summed E-state index contributed by atoms with van der Waals surface area (Å²) in [4.78, 5) is 0. The third kappa shape index (κ3) is 23.7. The number of quaternary nitrogens is 1. The van der Waals surface area contributed by atoms with Crippen LogP contribution in [0.2, 0.25) is 0 Å². The lowest BCUT2D eigenvalue weighted by atomic mass is 10.0. The molecule has 0 N–H and O–H groups in total. The van der Waals surface area contributed by atoms with Crippen LogP contribution in [0.5, 0.6) is 0 Å². The average Bonchev–Trinajstić information content (AvgIpc) is 2.78. The molecular weight excluding hydrogens is 426 g/mol. The predicted octanol–water partition coefficient (Wildman–Crippen LogP) is 9.57. The standard InChI is InChI=1S/C30H63NO.ClH/c1-5-7-9-11-13-14-15-16-17-18-19-20-21-23-25-27-29-31(4,30(3)32)28-26-24-22-12-10-8-6-2;/h30H,5-29H2,1-4H3;1H. The zero-order valence-electron chi connectivity index (χ0n) is 23.5. The molecule has 0 saturated heterocycles. The van der Waals surface area contributed by atoms with E-state index >= 15 is 0 Å². The highest BCUT2D eigenvalue weighted by molar-refractivity contribution is 5.85. The smallest absolute Gasteiger partial charge is 0.0776 e. The zero-order valence-corrected chi connectivity index (χ0v) is 24.3. The Morgan fingerprint density at radius 2 is 0.667 bits per heavy atom. The summed E-state index contributed by atoms with van der Waals surface area (Å²) in [6.45, 7) is 8.62.